The first-order chi connectivity index (χ1) is 6.53. The minimum Gasteiger partial charge on any atom is -0.395 e. The molecule has 1 rings (SSSR count). The summed E-state index contributed by atoms with van der Waals surface area (Å²) in [6, 6.07) is 3.14. The molecule has 0 aliphatic heterocycles. The minimum absolute atomic E-state index is 0.0594. The number of halogens is 2. The highest BCUT2D eigenvalue weighted by molar-refractivity contribution is 5.27. The Morgan fingerprint density at radius 3 is 2.57 bits per heavy atom. The zero-order valence-corrected chi connectivity index (χ0v) is 7.93. The van der Waals surface area contributed by atoms with Crippen LogP contribution in [0.1, 0.15) is 12.5 Å². The van der Waals surface area contributed by atoms with E-state index < -0.39 is 17.0 Å². The zero-order chi connectivity index (χ0) is 10.8. The number of hydrogen-bond donors (Lipinski definition) is 2. The quantitative estimate of drug-likeness (QED) is 0.771. The van der Waals surface area contributed by atoms with Crippen molar-refractivity contribution in [3.8, 4) is 0 Å². The molecule has 78 valence electrons. The minimum atomic E-state index is -0.924. The molecule has 0 saturated carbocycles. The topological polar surface area (TPSA) is 46.2 Å². The molecule has 0 saturated heterocycles. The lowest BCUT2D eigenvalue weighted by atomic mass is 9.83. The number of aliphatic hydroxyl groups is 1. The predicted octanol–water partition coefficient (Wildman–Crippen LogP) is 1.17. The molecule has 0 spiro atoms. The fourth-order valence-corrected chi connectivity index (χ4v) is 1.22. The average Bonchev–Trinajstić information content (AvgIpc) is 2.20. The van der Waals surface area contributed by atoms with Crippen LogP contribution in [0.25, 0.3) is 0 Å². The van der Waals surface area contributed by atoms with E-state index in [4.69, 9.17) is 10.8 Å². The Labute approximate surface area is 81.4 Å². The maximum absolute atomic E-state index is 13.3. The standard InChI is InChI=1S/C10H13F2NO/c1-10(5-13,6-14)8-4-7(11)2-3-9(8)12/h2-4,14H,5-6,13H2,1H3. The number of aliphatic hydroxyl groups excluding tert-OH is 1. The van der Waals surface area contributed by atoms with E-state index in [-0.39, 0.29) is 18.7 Å². The van der Waals surface area contributed by atoms with Gasteiger partial charge in [-0.1, -0.05) is 6.92 Å². The van der Waals surface area contributed by atoms with Crippen LogP contribution in [-0.2, 0) is 5.41 Å². The maximum Gasteiger partial charge on any atom is 0.127 e. The van der Waals surface area contributed by atoms with Gasteiger partial charge in [-0.15, -0.1) is 0 Å². The fourth-order valence-electron chi connectivity index (χ4n) is 1.22. The van der Waals surface area contributed by atoms with Gasteiger partial charge in [0, 0.05) is 17.5 Å². The van der Waals surface area contributed by atoms with Gasteiger partial charge in [-0.2, -0.15) is 0 Å². The third kappa shape index (κ3) is 1.91. The number of rotatable bonds is 3. The summed E-state index contributed by atoms with van der Waals surface area (Å²) >= 11 is 0. The van der Waals surface area contributed by atoms with Crippen LogP contribution in [0, 0.1) is 11.6 Å². The Kier molecular flexibility index (Phi) is 3.18. The van der Waals surface area contributed by atoms with E-state index in [1.807, 2.05) is 0 Å². The van der Waals surface area contributed by atoms with Crippen molar-refractivity contribution < 1.29 is 13.9 Å². The van der Waals surface area contributed by atoms with E-state index in [9.17, 15) is 8.78 Å². The molecule has 3 N–H and O–H groups in total. The van der Waals surface area contributed by atoms with Gasteiger partial charge in [0.25, 0.3) is 0 Å². The summed E-state index contributed by atoms with van der Waals surface area (Å²) < 4.78 is 26.2. The molecule has 0 aliphatic carbocycles. The lowest BCUT2D eigenvalue weighted by molar-refractivity contribution is 0.206. The Hall–Kier alpha value is -1.00. The van der Waals surface area contributed by atoms with Crippen LogP contribution in [0.5, 0.6) is 0 Å². The van der Waals surface area contributed by atoms with Crippen molar-refractivity contribution >= 4 is 0 Å². The third-order valence-electron chi connectivity index (χ3n) is 2.38. The van der Waals surface area contributed by atoms with Crippen molar-refractivity contribution in [3.63, 3.8) is 0 Å². The largest absolute Gasteiger partial charge is 0.395 e. The molecule has 2 nitrogen and oxygen atoms in total. The van der Waals surface area contributed by atoms with Crippen LogP contribution in [0.2, 0.25) is 0 Å². The molecule has 0 aromatic heterocycles. The van der Waals surface area contributed by atoms with E-state index in [1.54, 1.807) is 6.92 Å². The molecule has 0 fully saturated rings. The highest BCUT2D eigenvalue weighted by Crippen LogP contribution is 2.25. The van der Waals surface area contributed by atoms with E-state index in [0.717, 1.165) is 18.2 Å². The van der Waals surface area contributed by atoms with Gasteiger partial charge >= 0.3 is 0 Å². The first-order valence-corrected chi connectivity index (χ1v) is 4.30. The number of nitrogens with two attached hydrogens (primary N) is 1. The molecule has 1 atom stereocenters. The average molecular weight is 201 g/mol. The van der Waals surface area contributed by atoms with Crippen molar-refractivity contribution in [3.05, 3.63) is 35.4 Å². The highest BCUT2D eigenvalue weighted by Gasteiger charge is 2.27. The fraction of sp³-hybridized carbons (Fsp3) is 0.400. The normalized spacial score (nSPS) is 15.2. The summed E-state index contributed by atoms with van der Waals surface area (Å²) in [6.07, 6.45) is 0. The molecule has 1 aromatic rings. The molecule has 0 amide bonds. The zero-order valence-electron chi connectivity index (χ0n) is 7.93. The summed E-state index contributed by atoms with van der Waals surface area (Å²) in [4.78, 5) is 0. The van der Waals surface area contributed by atoms with Gasteiger partial charge in [0.05, 0.1) is 6.61 Å². The molecule has 0 heterocycles. The van der Waals surface area contributed by atoms with Crippen LogP contribution < -0.4 is 5.73 Å². The summed E-state index contributed by atoms with van der Waals surface area (Å²) in [5, 5.41) is 9.08. The lowest BCUT2D eigenvalue weighted by Gasteiger charge is -2.26. The first-order valence-electron chi connectivity index (χ1n) is 4.30. The SMILES string of the molecule is CC(CN)(CO)c1cc(F)ccc1F. The van der Waals surface area contributed by atoms with E-state index in [0.29, 0.717) is 0 Å². The van der Waals surface area contributed by atoms with Gasteiger partial charge in [-0.3, -0.25) is 0 Å². The Bertz CT molecular complexity index is 324. The molecule has 1 unspecified atom stereocenters. The molecule has 0 aliphatic rings. The maximum atomic E-state index is 13.3. The van der Waals surface area contributed by atoms with Crippen molar-refractivity contribution in [1.29, 1.82) is 0 Å². The van der Waals surface area contributed by atoms with Gasteiger partial charge in [0.15, 0.2) is 0 Å². The molecule has 1 aromatic carbocycles. The van der Waals surface area contributed by atoms with Crippen molar-refractivity contribution in [1.82, 2.24) is 0 Å². The van der Waals surface area contributed by atoms with Gasteiger partial charge in [-0.05, 0) is 18.2 Å². The molecule has 0 radical (unpaired) electrons. The first kappa shape index (κ1) is 11.1. The van der Waals surface area contributed by atoms with Crippen LogP contribution in [0.3, 0.4) is 0 Å². The van der Waals surface area contributed by atoms with Gasteiger partial charge in [-0.25, -0.2) is 8.78 Å². The molecule has 14 heavy (non-hydrogen) atoms. The second kappa shape index (κ2) is 4.02. The van der Waals surface area contributed by atoms with Gasteiger partial charge in [0.2, 0.25) is 0 Å². The Morgan fingerprint density at radius 1 is 1.43 bits per heavy atom. The third-order valence-corrected chi connectivity index (χ3v) is 2.38. The number of hydrogen-bond acceptors (Lipinski definition) is 2. The molecule has 0 bridgehead atoms. The predicted molar refractivity (Wildman–Crippen MR) is 49.9 cm³/mol. The molecular weight excluding hydrogens is 188 g/mol. The smallest absolute Gasteiger partial charge is 0.127 e. The van der Waals surface area contributed by atoms with Gasteiger partial charge < -0.3 is 10.8 Å². The van der Waals surface area contributed by atoms with E-state index in [2.05, 4.69) is 0 Å². The van der Waals surface area contributed by atoms with Crippen molar-refractivity contribution in [2.75, 3.05) is 13.2 Å². The van der Waals surface area contributed by atoms with Crippen LogP contribution in [-0.4, -0.2) is 18.3 Å². The van der Waals surface area contributed by atoms with E-state index >= 15 is 0 Å². The highest BCUT2D eigenvalue weighted by atomic mass is 19.1. The van der Waals surface area contributed by atoms with Crippen molar-refractivity contribution in [2.24, 2.45) is 5.73 Å². The molecular formula is C10H13F2NO. The summed E-state index contributed by atoms with van der Waals surface area (Å²) in [6.45, 7) is 1.33. The number of benzene rings is 1. The molecule has 4 heteroatoms. The van der Waals surface area contributed by atoms with Crippen molar-refractivity contribution in [2.45, 2.75) is 12.3 Å². The summed E-state index contributed by atoms with van der Waals surface area (Å²) in [7, 11) is 0. The second-order valence-electron chi connectivity index (χ2n) is 3.55. The van der Waals surface area contributed by atoms with Crippen LogP contribution in [0.15, 0.2) is 18.2 Å². The lowest BCUT2D eigenvalue weighted by Crippen LogP contribution is -2.36. The van der Waals surface area contributed by atoms with Crippen LogP contribution in [0.4, 0.5) is 8.78 Å². The Morgan fingerprint density at radius 2 is 2.07 bits per heavy atom. The summed E-state index contributed by atoms with van der Waals surface area (Å²) in [5.41, 5.74) is 4.61. The summed E-state index contributed by atoms with van der Waals surface area (Å²) in [5.74, 6) is -1.08. The second-order valence-corrected chi connectivity index (χ2v) is 3.55. The van der Waals surface area contributed by atoms with Gasteiger partial charge in [0.1, 0.15) is 11.6 Å². The van der Waals surface area contributed by atoms with E-state index in [1.165, 1.54) is 0 Å². The monoisotopic (exact) mass is 201 g/mol. The van der Waals surface area contributed by atoms with Crippen LogP contribution >= 0.6 is 0 Å². The Balaban J connectivity index is 3.22.